The number of nitrogens with two attached hydrogens (primary N) is 1. The zero-order chi connectivity index (χ0) is 20.4. The first-order valence-corrected chi connectivity index (χ1v) is 8.46. The van der Waals surface area contributed by atoms with Crippen LogP contribution in [0, 0.1) is 11.8 Å². The molecule has 5 N–H and O–H groups in total. The Bertz CT molecular complexity index is 662. The fourth-order valence-electron chi connectivity index (χ4n) is 2.33. The molecule has 1 rings (SSSR count). The number of carbonyl (C=O) groups excluding carboxylic acids is 3. The van der Waals surface area contributed by atoms with Crippen LogP contribution in [0.1, 0.15) is 32.3 Å². The quantitative estimate of drug-likeness (QED) is 0.408. The molecule has 0 fully saturated rings. The van der Waals surface area contributed by atoms with Crippen molar-refractivity contribution in [1.82, 2.24) is 10.8 Å². The van der Waals surface area contributed by atoms with Gasteiger partial charge in [-0.25, -0.2) is 10.3 Å². The second kappa shape index (κ2) is 10.9. The number of aliphatic carboxylic acids is 1. The van der Waals surface area contributed by atoms with Gasteiger partial charge in [0.15, 0.2) is 0 Å². The van der Waals surface area contributed by atoms with Crippen LogP contribution in [-0.2, 0) is 30.6 Å². The Morgan fingerprint density at radius 1 is 1.11 bits per heavy atom. The van der Waals surface area contributed by atoms with E-state index in [-0.39, 0.29) is 18.9 Å². The molecule has 0 saturated carbocycles. The average molecular weight is 379 g/mol. The Morgan fingerprint density at radius 2 is 1.74 bits per heavy atom. The minimum absolute atomic E-state index is 0.171. The maximum absolute atomic E-state index is 12.4. The maximum Gasteiger partial charge on any atom is 0.326 e. The van der Waals surface area contributed by atoms with Crippen LogP contribution in [0.4, 0.5) is 0 Å². The van der Waals surface area contributed by atoms with Crippen LogP contribution >= 0.6 is 0 Å². The fourth-order valence-corrected chi connectivity index (χ4v) is 2.33. The summed E-state index contributed by atoms with van der Waals surface area (Å²) < 4.78 is 0. The lowest BCUT2D eigenvalue weighted by atomic mass is 9.91. The molecule has 9 heteroatoms. The third-order valence-corrected chi connectivity index (χ3v) is 3.83. The van der Waals surface area contributed by atoms with Gasteiger partial charge in [0.2, 0.25) is 17.7 Å². The predicted octanol–water partition coefficient (Wildman–Crippen LogP) is 0.342. The number of carboxylic acid groups (broad SMARTS) is 1. The molecule has 0 radical (unpaired) electrons. The number of primary amides is 1. The van der Waals surface area contributed by atoms with E-state index in [1.807, 2.05) is 30.3 Å². The summed E-state index contributed by atoms with van der Waals surface area (Å²) in [4.78, 5) is 51.6. The van der Waals surface area contributed by atoms with Crippen molar-refractivity contribution in [2.24, 2.45) is 17.6 Å². The van der Waals surface area contributed by atoms with Gasteiger partial charge in [-0.2, -0.15) is 0 Å². The Labute approximate surface area is 157 Å². The molecule has 3 amide bonds. The molecule has 1 unspecified atom stereocenters. The molecule has 148 valence electrons. The number of carbonyl (C=O) groups is 4. The van der Waals surface area contributed by atoms with E-state index in [9.17, 15) is 19.2 Å². The smallest absolute Gasteiger partial charge is 0.326 e. The molecule has 0 aliphatic carbocycles. The third kappa shape index (κ3) is 8.32. The number of hydroxylamine groups is 1. The van der Waals surface area contributed by atoms with Crippen molar-refractivity contribution in [3.8, 4) is 0 Å². The van der Waals surface area contributed by atoms with E-state index in [0.717, 1.165) is 5.56 Å². The number of carboxylic acids is 1. The van der Waals surface area contributed by atoms with Crippen molar-refractivity contribution >= 4 is 23.7 Å². The van der Waals surface area contributed by atoms with E-state index in [1.165, 1.54) is 0 Å². The number of amides is 3. The lowest BCUT2D eigenvalue weighted by molar-refractivity contribution is -0.145. The van der Waals surface area contributed by atoms with Crippen molar-refractivity contribution in [2.75, 3.05) is 0 Å². The largest absolute Gasteiger partial charge is 0.480 e. The van der Waals surface area contributed by atoms with E-state index >= 15 is 0 Å². The van der Waals surface area contributed by atoms with Crippen LogP contribution in [-0.4, -0.2) is 34.8 Å². The number of benzene rings is 1. The molecular formula is C18H25N3O6. The topological polar surface area (TPSA) is 148 Å². The molecule has 9 nitrogen and oxygen atoms in total. The number of hydrogen-bond donors (Lipinski definition) is 4. The Hall–Kier alpha value is -2.94. The molecular weight excluding hydrogens is 354 g/mol. The minimum Gasteiger partial charge on any atom is -0.480 e. The van der Waals surface area contributed by atoms with E-state index < -0.39 is 42.1 Å². The SMILES string of the molecule is CC(C)C(CC(=O)NOCc1ccccc1)C(=O)N[C@@H](CC(N)=O)C(=O)O. The van der Waals surface area contributed by atoms with Crippen molar-refractivity contribution < 1.29 is 29.1 Å². The number of nitrogens with one attached hydrogen (secondary N) is 2. The van der Waals surface area contributed by atoms with Gasteiger partial charge in [0.1, 0.15) is 6.04 Å². The average Bonchev–Trinajstić information content (AvgIpc) is 2.59. The van der Waals surface area contributed by atoms with Crippen LogP contribution in [0.5, 0.6) is 0 Å². The van der Waals surface area contributed by atoms with Gasteiger partial charge in [0, 0.05) is 12.3 Å². The summed E-state index contributed by atoms with van der Waals surface area (Å²) in [5.74, 6) is -4.41. The third-order valence-electron chi connectivity index (χ3n) is 3.83. The lowest BCUT2D eigenvalue weighted by Gasteiger charge is -2.22. The van der Waals surface area contributed by atoms with Crippen LogP contribution < -0.4 is 16.5 Å². The standard InChI is InChI=1S/C18H25N3O6/c1-11(2)13(17(24)20-14(18(25)26)9-15(19)22)8-16(23)21-27-10-12-6-4-3-5-7-12/h3-7,11,13-14H,8-10H2,1-2H3,(H2,19,22)(H,20,24)(H,21,23)(H,25,26)/t13?,14-/m0/s1. The van der Waals surface area contributed by atoms with Crippen molar-refractivity contribution in [2.45, 2.75) is 39.3 Å². The monoisotopic (exact) mass is 379 g/mol. The highest BCUT2D eigenvalue weighted by Gasteiger charge is 2.30. The van der Waals surface area contributed by atoms with E-state index in [4.69, 9.17) is 15.7 Å². The van der Waals surface area contributed by atoms with Gasteiger partial charge in [0.25, 0.3) is 0 Å². The highest BCUT2D eigenvalue weighted by atomic mass is 16.6. The lowest BCUT2D eigenvalue weighted by Crippen LogP contribution is -2.47. The van der Waals surface area contributed by atoms with Crippen LogP contribution in [0.15, 0.2) is 30.3 Å². The highest BCUT2D eigenvalue weighted by molar-refractivity contribution is 5.90. The molecule has 1 aromatic rings. The van der Waals surface area contributed by atoms with Gasteiger partial charge >= 0.3 is 5.97 Å². The van der Waals surface area contributed by atoms with Gasteiger partial charge in [-0.1, -0.05) is 44.2 Å². The Morgan fingerprint density at radius 3 is 2.26 bits per heavy atom. The zero-order valence-corrected chi connectivity index (χ0v) is 15.3. The summed E-state index contributed by atoms with van der Waals surface area (Å²) in [6.45, 7) is 3.63. The van der Waals surface area contributed by atoms with Gasteiger partial charge in [0.05, 0.1) is 13.0 Å². The second-order valence-electron chi connectivity index (χ2n) is 6.42. The van der Waals surface area contributed by atoms with E-state index in [1.54, 1.807) is 13.8 Å². The molecule has 0 heterocycles. The minimum atomic E-state index is -1.44. The summed E-state index contributed by atoms with van der Waals surface area (Å²) in [5, 5.41) is 11.3. The maximum atomic E-state index is 12.4. The van der Waals surface area contributed by atoms with E-state index in [2.05, 4.69) is 10.8 Å². The van der Waals surface area contributed by atoms with Crippen molar-refractivity contribution in [3.05, 3.63) is 35.9 Å². The van der Waals surface area contributed by atoms with Gasteiger partial charge in [-0.15, -0.1) is 0 Å². The summed E-state index contributed by atoms with van der Waals surface area (Å²) >= 11 is 0. The molecule has 0 aliphatic heterocycles. The Kier molecular flexibility index (Phi) is 8.94. The number of rotatable bonds is 11. The van der Waals surface area contributed by atoms with Crippen molar-refractivity contribution in [1.29, 1.82) is 0 Å². The van der Waals surface area contributed by atoms with Crippen molar-refractivity contribution in [3.63, 3.8) is 0 Å². The molecule has 0 aromatic heterocycles. The first-order chi connectivity index (χ1) is 12.7. The molecule has 1 aromatic carbocycles. The summed E-state index contributed by atoms with van der Waals surface area (Å²) in [5.41, 5.74) is 8.13. The van der Waals surface area contributed by atoms with Crippen LogP contribution in [0.3, 0.4) is 0 Å². The van der Waals surface area contributed by atoms with E-state index in [0.29, 0.717) is 0 Å². The molecule has 0 bridgehead atoms. The summed E-state index contributed by atoms with van der Waals surface area (Å²) in [6.07, 6.45) is -0.723. The molecule has 2 atom stereocenters. The zero-order valence-electron chi connectivity index (χ0n) is 15.3. The Balaban J connectivity index is 2.58. The summed E-state index contributed by atoms with van der Waals surface area (Å²) in [6, 6.07) is 7.77. The number of hydrogen-bond acceptors (Lipinski definition) is 5. The molecule has 0 spiro atoms. The molecule has 27 heavy (non-hydrogen) atoms. The van der Waals surface area contributed by atoms with Gasteiger partial charge < -0.3 is 16.2 Å². The summed E-state index contributed by atoms with van der Waals surface area (Å²) in [7, 11) is 0. The first kappa shape index (κ1) is 22.1. The second-order valence-corrected chi connectivity index (χ2v) is 6.42. The molecule has 0 aliphatic rings. The molecule has 0 saturated heterocycles. The van der Waals surface area contributed by atoms with Gasteiger partial charge in [-0.05, 0) is 11.5 Å². The fraction of sp³-hybridized carbons (Fsp3) is 0.444. The van der Waals surface area contributed by atoms with Gasteiger partial charge in [-0.3, -0.25) is 19.2 Å². The first-order valence-electron chi connectivity index (χ1n) is 8.46. The van der Waals surface area contributed by atoms with Crippen LogP contribution in [0.25, 0.3) is 0 Å². The highest BCUT2D eigenvalue weighted by Crippen LogP contribution is 2.16. The predicted molar refractivity (Wildman–Crippen MR) is 95.7 cm³/mol. The van der Waals surface area contributed by atoms with Crippen LogP contribution in [0.2, 0.25) is 0 Å². The normalized spacial score (nSPS) is 12.9.